The van der Waals surface area contributed by atoms with Crippen molar-refractivity contribution in [3.05, 3.63) is 0 Å². The molecule has 0 aromatic heterocycles. The van der Waals surface area contributed by atoms with E-state index in [2.05, 4.69) is 9.84 Å². The van der Waals surface area contributed by atoms with E-state index in [0.29, 0.717) is 13.0 Å². The van der Waals surface area contributed by atoms with Crippen LogP contribution < -0.4 is 0 Å². The number of rotatable bonds is 3. The van der Waals surface area contributed by atoms with Gasteiger partial charge in [-0.1, -0.05) is 0 Å². The Kier molecular flexibility index (Phi) is 3.00. The molecule has 5 heteroatoms. The van der Waals surface area contributed by atoms with Gasteiger partial charge >= 0.3 is 5.97 Å². The molecular weight excluding hydrogens is 172 g/mol. The second kappa shape index (κ2) is 4.02. The highest BCUT2D eigenvalue weighted by molar-refractivity contribution is 6.03. The lowest BCUT2D eigenvalue weighted by atomic mass is 10.3. The maximum Gasteiger partial charge on any atom is 0.302 e. The van der Waals surface area contributed by atoms with Gasteiger partial charge in [-0.05, 0) is 6.92 Å². The Morgan fingerprint density at radius 1 is 1.69 bits per heavy atom. The quantitative estimate of drug-likeness (QED) is 0.587. The molecule has 13 heavy (non-hydrogen) atoms. The first-order valence-corrected chi connectivity index (χ1v) is 4.07. The van der Waals surface area contributed by atoms with Crippen LogP contribution in [0, 0.1) is 0 Å². The zero-order valence-corrected chi connectivity index (χ0v) is 7.74. The molecule has 0 aromatic carbocycles. The molecule has 1 aliphatic rings. The molecule has 5 nitrogen and oxygen atoms in total. The zero-order chi connectivity index (χ0) is 9.84. The van der Waals surface area contributed by atoms with E-state index in [0.717, 1.165) is 5.71 Å². The van der Waals surface area contributed by atoms with Gasteiger partial charge in [-0.15, -0.1) is 0 Å². The molecule has 1 aliphatic heterocycles. The average molecular weight is 184 g/mol. The molecule has 0 aliphatic carbocycles. The molecule has 0 N–H and O–H groups in total. The van der Waals surface area contributed by atoms with Crippen LogP contribution in [0.5, 0.6) is 0 Å². The third kappa shape index (κ3) is 2.85. The first-order valence-electron chi connectivity index (χ1n) is 4.07. The molecule has 0 spiro atoms. The second-order valence-electron chi connectivity index (χ2n) is 2.87. The Bertz CT molecular complexity index is 260. The minimum atomic E-state index is -0.340. The molecule has 0 saturated carbocycles. The molecule has 0 fully saturated rings. The van der Waals surface area contributed by atoms with Crippen LogP contribution in [0.1, 0.15) is 20.3 Å². The number of carbonyl (C=O) groups is 2. The van der Waals surface area contributed by atoms with Crippen LogP contribution in [0.25, 0.3) is 0 Å². The highest BCUT2D eigenvalue weighted by Crippen LogP contribution is 2.06. The zero-order valence-electron chi connectivity index (χ0n) is 7.74. The summed E-state index contributed by atoms with van der Waals surface area (Å²) in [6.45, 7) is 3.68. The van der Waals surface area contributed by atoms with Crippen molar-refractivity contribution in [1.82, 2.24) is 5.01 Å². The molecular formula is C8H12N2O3. The van der Waals surface area contributed by atoms with Crippen LogP contribution in [-0.4, -0.2) is 35.7 Å². The van der Waals surface area contributed by atoms with E-state index < -0.39 is 0 Å². The summed E-state index contributed by atoms with van der Waals surface area (Å²) < 4.78 is 4.69. The van der Waals surface area contributed by atoms with Gasteiger partial charge in [-0.25, -0.2) is 5.01 Å². The topological polar surface area (TPSA) is 59.0 Å². The monoisotopic (exact) mass is 184 g/mol. The standard InChI is InChI=1S/C8H12N2O3/c1-6-5-8(12)10(9-6)3-4-13-7(2)11/h3-5H2,1-2H3. The molecule has 0 atom stereocenters. The lowest BCUT2D eigenvalue weighted by Crippen LogP contribution is -2.25. The number of ether oxygens (including phenoxy) is 1. The van der Waals surface area contributed by atoms with E-state index in [1.807, 2.05) is 0 Å². The maximum absolute atomic E-state index is 11.1. The minimum Gasteiger partial charge on any atom is -0.464 e. The van der Waals surface area contributed by atoms with Crippen LogP contribution >= 0.6 is 0 Å². The Morgan fingerprint density at radius 2 is 2.38 bits per heavy atom. The van der Waals surface area contributed by atoms with Crippen molar-refractivity contribution in [3.8, 4) is 0 Å². The molecule has 1 rings (SSSR count). The van der Waals surface area contributed by atoms with Crippen LogP contribution in [-0.2, 0) is 14.3 Å². The van der Waals surface area contributed by atoms with Crippen molar-refractivity contribution in [2.45, 2.75) is 20.3 Å². The summed E-state index contributed by atoms with van der Waals surface area (Å²) in [5.41, 5.74) is 0.799. The molecule has 0 unspecified atom stereocenters. The number of hydrogen-bond acceptors (Lipinski definition) is 4. The van der Waals surface area contributed by atoms with Crippen LogP contribution in [0.2, 0.25) is 0 Å². The van der Waals surface area contributed by atoms with Gasteiger partial charge in [0.25, 0.3) is 0 Å². The molecule has 0 bridgehead atoms. The van der Waals surface area contributed by atoms with Gasteiger partial charge in [0.1, 0.15) is 6.61 Å². The van der Waals surface area contributed by atoms with Gasteiger partial charge in [0.05, 0.1) is 13.0 Å². The third-order valence-electron chi connectivity index (χ3n) is 1.59. The lowest BCUT2D eigenvalue weighted by molar-refractivity contribution is -0.143. The van der Waals surface area contributed by atoms with E-state index in [1.165, 1.54) is 11.9 Å². The van der Waals surface area contributed by atoms with Gasteiger partial charge in [0, 0.05) is 12.6 Å². The van der Waals surface area contributed by atoms with E-state index in [4.69, 9.17) is 0 Å². The number of nitrogens with zero attached hydrogens (tertiary/aromatic N) is 2. The highest BCUT2D eigenvalue weighted by atomic mass is 16.5. The van der Waals surface area contributed by atoms with Crippen molar-refractivity contribution in [1.29, 1.82) is 0 Å². The number of amides is 1. The average Bonchev–Trinajstić information content (AvgIpc) is 2.29. The molecule has 1 heterocycles. The normalized spacial score (nSPS) is 16.0. The fourth-order valence-electron chi connectivity index (χ4n) is 1.06. The smallest absolute Gasteiger partial charge is 0.302 e. The van der Waals surface area contributed by atoms with E-state index in [9.17, 15) is 9.59 Å². The van der Waals surface area contributed by atoms with Gasteiger partial charge in [0.15, 0.2) is 0 Å². The fourth-order valence-corrected chi connectivity index (χ4v) is 1.06. The third-order valence-corrected chi connectivity index (χ3v) is 1.59. The predicted octanol–water partition coefficient (Wildman–Crippen LogP) is 0.158. The van der Waals surface area contributed by atoms with Crippen LogP contribution in [0.15, 0.2) is 5.10 Å². The first kappa shape index (κ1) is 9.70. The SMILES string of the molecule is CC(=O)OCCN1N=C(C)CC1=O. The number of hydrazone groups is 1. The number of esters is 1. The van der Waals surface area contributed by atoms with Crippen molar-refractivity contribution in [3.63, 3.8) is 0 Å². The maximum atomic E-state index is 11.1. The van der Waals surface area contributed by atoms with Gasteiger partial charge in [0.2, 0.25) is 5.91 Å². The van der Waals surface area contributed by atoms with Crippen LogP contribution in [0.4, 0.5) is 0 Å². The largest absolute Gasteiger partial charge is 0.464 e. The van der Waals surface area contributed by atoms with Crippen molar-refractivity contribution in [2.24, 2.45) is 5.10 Å². The summed E-state index contributed by atoms with van der Waals surface area (Å²) >= 11 is 0. The number of hydrogen-bond donors (Lipinski definition) is 0. The van der Waals surface area contributed by atoms with Crippen molar-refractivity contribution in [2.75, 3.05) is 13.2 Å². The summed E-state index contributed by atoms with van der Waals surface area (Å²) in [6.07, 6.45) is 0.375. The first-order chi connectivity index (χ1) is 6.09. The van der Waals surface area contributed by atoms with Gasteiger partial charge in [-0.3, -0.25) is 9.59 Å². The molecule has 1 amide bonds. The van der Waals surface area contributed by atoms with E-state index in [-0.39, 0.29) is 18.5 Å². The Hall–Kier alpha value is -1.39. The predicted molar refractivity (Wildman–Crippen MR) is 46.1 cm³/mol. The minimum absolute atomic E-state index is 0.0374. The summed E-state index contributed by atoms with van der Waals surface area (Å²) in [6, 6.07) is 0. The lowest BCUT2D eigenvalue weighted by Gasteiger charge is -2.10. The van der Waals surface area contributed by atoms with Crippen molar-refractivity contribution >= 4 is 17.6 Å². The van der Waals surface area contributed by atoms with Gasteiger partial charge in [-0.2, -0.15) is 5.10 Å². The molecule has 0 radical (unpaired) electrons. The van der Waals surface area contributed by atoms with Gasteiger partial charge < -0.3 is 4.74 Å². The van der Waals surface area contributed by atoms with E-state index in [1.54, 1.807) is 6.92 Å². The second-order valence-corrected chi connectivity index (χ2v) is 2.87. The summed E-state index contributed by atoms with van der Waals surface area (Å²) in [5, 5.41) is 5.31. The molecule has 0 saturated heterocycles. The highest BCUT2D eigenvalue weighted by Gasteiger charge is 2.20. The molecule has 72 valence electrons. The Morgan fingerprint density at radius 3 is 2.85 bits per heavy atom. The van der Waals surface area contributed by atoms with Crippen LogP contribution in [0.3, 0.4) is 0 Å². The summed E-state index contributed by atoms with van der Waals surface area (Å²) in [5.74, 6) is -0.378. The Balaban J connectivity index is 2.29. The van der Waals surface area contributed by atoms with E-state index >= 15 is 0 Å². The summed E-state index contributed by atoms with van der Waals surface area (Å²) in [7, 11) is 0. The Labute approximate surface area is 76.3 Å². The number of carbonyl (C=O) groups excluding carboxylic acids is 2. The molecule has 0 aromatic rings. The fraction of sp³-hybridized carbons (Fsp3) is 0.625. The van der Waals surface area contributed by atoms with Crippen molar-refractivity contribution < 1.29 is 14.3 Å². The summed E-state index contributed by atoms with van der Waals surface area (Å²) in [4.78, 5) is 21.5.